The molecule has 2 nitrogen and oxygen atoms in total. The van der Waals surface area contributed by atoms with Gasteiger partial charge in [-0.15, -0.1) is 0 Å². The van der Waals surface area contributed by atoms with Gasteiger partial charge in [0.1, 0.15) is 0 Å². The zero-order valence-corrected chi connectivity index (χ0v) is 5.17. The predicted octanol–water partition coefficient (Wildman–Crippen LogP) is -0.0602. The minimum Gasteiger partial charge on any atom is -0.388 e. The SMILES string of the molecule is CC(=N)N.[Pt+2]. The van der Waals surface area contributed by atoms with Crippen LogP contribution in [0.15, 0.2) is 0 Å². The molecule has 0 saturated heterocycles. The van der Waals surface area contributed by atoms with Gasteiger partial charge in [-0.25, -0.2) is 0 Å². The summed E-state index contributed by atoms with van der Waals surface area (Å²) in [5.74, 6) is 0.167. The quantitative estimate of drug-likeness (QED) is 0.461. The smallest absolute Gasteiger partial charge is 0.388 e. The fourth-order valence-corrected chi connectivity index (χ4v) is 0. The Kier molecular flexibility index (Phi) is 7.44. The average Bonchev–Trinajstić information content (AvgIpc) is 0.811. The van der Waals surface area contributed by atoms with E-state index < -0.39 is 0 Å². The molecule has 3 N–H and O–H groups in total. The molecule has 5 heavy (non-hydrogen) atoms. The van der Waals surface area contributed by atoms with Crippen LogP contribution in [-0.2, 0) is 21.1 Å². The van der Waals surface area contributed by atoms with Crippen molar-refractivity contribution in [1.82, 2.24) is 0 Å². The van der Waals surface area contributed by atoms with E-state index in [1.807, 2.05) is 0 Å². The first-order valence-corrected chi connectivity index (χ1v) is 1.04. The van der Waals surface area contributed by atoms with Crippen molar-refractivity contribution in [1.29, 1.82) is 5.41 Å². The summed E-state index contributed by atoms with van der Waals surface area (Å²) in [6, 6.07) is 0. The molecule has 0 spiro atoms. The summed E-state index contributed by atoms with van der Waals surface area (Å²) in [5, 5.41) is 6.28. The molecule has 0 amide bonds. The monoisotopic (exact) mass is 253 g/mol. The van der Waals surface area contributed by atoms with Gasteiger partial charge in [-0.3, -0.25) is 5.41 Å². The van der Waals surface area contributed by atoms with Crippen LogP contribution in [0.1, 0.15) is 6.92 Å². The van der Waals surface area contributed by atoms with Gasteiger partial charge in [0.2, 0.25) is 0 Å². The third kappa shape index (κ3) is 773. The molecular formula is C2H6N2Pt+2. The third-order valence-electron chi connectivity index (χ3n) is 0. The summed E-state index contributed by atoms with van der Waals surface area (Å²) in [6.45, 7) is 1.53. The molecule has 0 rings (SSSR count). The molecule has 0 aromatic rings. The van der Waals surface area contributed by atoms with Crippen LogP contribution in [0.5, 0.6) is 0 Å². The van der Waals surface area contributed by atoms with Crippen molar-refractivity contribution < 1.29 is 21.1 Å². The number of hydrogen-bond donors (Lipinski definition) is 2. The van der Waals surface area contributed by atoms with Gasteiger partial charge in [0.25, 0.3) is 0 Å². The van der Waals surface area contributed by atoms with Crippen LogP contribution in [0.25, 0.3) is 0 Å². The number of rotatable bonds is 0. The van der Waals surface area contributed by atoms with E-state index in [0.29, 0.717) is 0 Å². The first-order chi connectivity index (χ1) is 1.73. The summed E-state index contributed by atoms with van der Waals surface area (Å²) in [7, 11) is 0. The van der Waals surface area contributed by atoms with Crippen molar-refractivity contribution >= 4 is 5.84 Å². The Morgan fingerprint density at radius 3 is 1.80 bits per heavy atom. The van der Waals surface area contributed by atoms with Gasteiger partial charge in [-0.2, -0.15) is 0 Å². The maximum Gasteiger partial charge on any atom is 2.00 e. The second kappa shape index (κ2) is 4.16. The van der Waals surface area contributed by atoms with Crippen LogP contribution in [0.4, 0.5) is 0 Å². The molecule has 0 bridgehead atoms. The van der Waals surface area contributed by atoms with E-state index in [9.17, 15) is 0 Å². The predicted molar refractivity (Wildman–Crippen MR) is 17.6 cm³/mol. The molecule has 3 heteroatoms. The molecule has 0 radical (unpaired) electrons. The summed E-state index contributed by atoms with van der Waals surface area (Å²) in [5.41, 5.74) is 4.69. The molecule has 0 aliphatic heterocycles. The van der Waals surface area contributed by atoms with Crippen molar-refractivity contribution in [3.8, 4) is 0 Å². The average molecular weight is 253 g/mol. The van der Waals surface area contributed by atoms with Crippen LogP contribution in [-0.4, -0.2) is 5.84 Å². The van der Waals surface area contributed by atoms with Crippen LogP contribution in [0, 0.1) is 5.41 Å². The molecule has 0 aromatic heterocycles. The first kappa shape index (κ1) is 8.94. The molecule has 0 unspecified atom stereocenters. The zero-order valence-electron chi connectivity index (χ0n) is 2.89. The number of amidine groups is 1. The standard InChI is InChI=1S/C2H6N2.Pt/c1-2(3)4;/h1H3,(H3,3,4);/q;+2. The van der Waals surface area contributed by atoms with Gasteiger partial charge in [0.15, 0.2) is 0 Å². The maximum absolute atomic E-state index is 6.28. The molecule has 0 heterocycles. The molecule has 0 aliphatic rings. The van der Waals surface area contributed by atoms with E-state index in [1.54, 1.807) is 0 Å². The van der Waals surface area contributed by atoms with Crippen LogP contribution >= 0.6 is 0 Å². The second-order valence-corrected chi connectivity index (χ2v) is 0.683. The summed E-state index contributed by atoms with van der Waals surface area (Å²) in [6.07, 6.45) is 0. The van der Waals surface area contributed by atoms with Gasteiger partial charge < -0.3 is 5.73 Å². The van der Waals surface area contributed by atoms with E-state index in [0.717, 1.165) is 0 Å². The van der Waals surface area contributed by atoms with Crippen molar-refractivity contribution in [2.24, 2.45) is 5.73 Å². The minimum atomic E-state index is 0. The Labute approximate surface area is 45.5 Å². The van der Waals surface area contributed by atoms with Crippen molar-refractivity contribution in [2.75, 3.05) is 0 Å². The minimum absolute atomic E-state index is 0. The normalized spacial score (nSPS) is 5.00. The Bertz CT molecular complexity index is 30.6. The molecule has 0 saturated carbocycles. The van der Waals surface area contributed by atoms with Crippen molar-refractivity contribution in [3.63, 3.8) is 0 Å². The topological polar surface area (TPSA) is 49.9 Å². The number of hydrogen-bond acceptors (Lipinski definition) is 1. The first-order valence-electron chi connectivity index (χ1n) is 1.04. The Morgan fingerprint density at radius 1 is 1.80 bits per heavy atom. The van der Waals surface area contributed by atoms with Gasteiger partial charge in [-0.05, 0) is 6.92 Å². The Hall–Kier alpha value is 0.158. The van der Waals surface area contributed by atoms with Gasteiger partial charge in [-0.1, -0.05) is 0 Å². The third-order valence-corrected chi connectivity index (χ3v) is 0. The van der Waals surface area contributed by atoms with Crippen molar-refractivity contribution in [3.05, 3.63) is 0 Å². The van der Waals surface area contributed by atoms with E-state index >= 15 is 0 Å². The molecule has 0 aliphatic carbocycles. The zero-order chi connectivity index (χ0) is 3.58. The maximum atomic E-state index is 6.28. The van der Waals surface area contributed by atoms with E-state index in [4.69, 9.17) is 11.1 Å². The summed E-state index contributed by atoms with van der Waals surface area (Å²) >= 11 is 0. The van der Waals surface area contributed by atoms with E-state index in [1.165, 1.54) is 6.92 Å². The Morgan fingerprint density at radius 2 is 1.80 bits per heavy atom. The van der Waals surface area contributed by atoms with E-state index in [2.05, 4.69) is 0 Å². The fraction of sp³-hybridized carbons (Fsp3) is 0.500. The van der Waals surface area contributed by atoms with E-state index in [-0.39, 0.29) is 26.9 Å². The number of nitrogens with one attached hydrogen (secondary N) is 1. The Balaban J connectivity index is 0. The molecule has 0 fully saturated rings. The summed E-state index contributed by atoms with van der Waals surface area (Å²) < 4.78 is 0. The van der Waals surface area contributed by atoms with Gasteiger partial charge in [0, 0.05) is 0 Å². The number of nitrogens with two attached hydrogens (primary N) is 1. The van der Waals surface area contributed by atoms with Gasteiger partial charge in [0.05, 0.1) is 5.84 Å². The van der Waals surface area contributed by atoms with Crippen LogP contribution in [0.3, 0.4) is 0 Å². The second-order valence-electron chi connectivity index (χ2n) is 0.683. The fourth-order valence-electron chi connectivity index (χ4n) is 0. The van der Waals surface area contributed by atoms with Crippen LogP contribution in [0.2, 0.25) is 0 Å². The molecular weight excluding hydrogens is 247 g/mol. The van der Waals surface area contributed by atoms with Crippen molar-refractivity contribution in [2.45, 2.75) is 6.92 Å². The largest absolute Gasteiger partial charge is 2.00 e. The molecule has 32 valence electrons. The van der Waals surface area contributed by atoms with Gasteiger partial charge >= 0.3 is 21.1 Å². The molecule has 0 aromatic carbocycles. The summed E-state index contributed by atoms with van der Waals surface area (Å²) in [4.78, 5) is 0. The van der Waals surface area contributed by atoms with Crippen LogP contribution < -0.4 is 5.73 Å². The molecule has 0 atom stereocenters.